The van der Waals surface area contributed by atoms with Gasteiger partial charge in [0.15, 0.2) is 0 Å². The van der Waals surface area contributed by atoms with Gasteiger partial charge in [-0.2, -0.15) is 0 Å². The van der Waals surface area contributed by atoms with E-state index in [0.29, 0.717) is 17.7 Å². The van der Waals surface area contributed by atoms with Crippen LogP contribution in [0.2, 0.25) is 0 Å². The molecule has 3 atom stereocenters. The molecule has 0 heterocycles. The van der Waals surface area contributed by atoms with Gasteiger partial charge in [-0.25, -0.2) is 4.39 Å². The molecule has 1 amide bonds. The summed E-state index contributed by atoms with van der Waals surface area (Å²) in [5.74, 6) is -0.509. The van der Waals surface area contributed by atoms with E-state index in [1.54, 1.807) is 6.07 Å². The fourth-order valence-electron chi connectivity index (χ4n) is 4.23. The predicted octanol–water partition coefficient (Wildman–Crippen LogP) is 6.73. The number of carbonyl (C=O) groups excluding carboxylic acids is 1. The Balaban J connectivity index is 2.16. The molecule has 2 aromatic carbocycles. The molecule has 0 spiro atoms. The van der Waals surface area contributed by atoms with Crippen LogP contribution in [0.4, 0.5) is 4.39 Å². The Morgan fingerprint density at radius 3 is 2.41 bits per heavy atom. The summed E-state index contributed by atoms with van der Waals surface area (Å²) in [6.07, 6.45) is 3.33. The number of amides is 1. The second-order valence-electron chi connectivity index (χ2n) is 9.86. The third-order valence-corrected chi connectivity index (χ3v) is 7.03. The molecule has 0 aliphatic heterocycles. The first kappa shape index (κ1) is 30.4. The number of hydrogen-bond donors (Lipinski definition) is 3. The van der Waals surface area contributed by atoms with Gasteiger partial charge in [-0.05, 0) is 72.9 Å². The number of aryl methyl sites for hydroxylation is 1. The lowest BCUT2D eigenvalue weighted by Gasteiger charge is -2.23. The number of carbonyl (C=O) groups is 1. The average molecular weight is 511 g/mol. The zero-order valence-electron chi connectivity index (χ0n) is 23.2. The van der Waals surface area contributed by atoms with E-state index < -0.39 is 12.2 Å². The zero-order valence-corrected chi connectivity index (χ0v) is 23.2. The maximum absolute atomic E-state index is 15.2. The summed E-state index contributed by atoms with van der Waals surface area (Å²) in [5.41, 5.74) is 5.59. The lowest BCUT2D eigenvalue weighted by molar-refractivity contribution is -0.135. The molecule has 2 aromatic rings. The van der Waals surface area contributed by atoms with Gasteiger partial charge in [-0.1, -0.05) is 70.0 Å². The van der Waals surface area contributed by atoms with Gasteiger partial charge in [0.25, 0.3) is 5.91 Å². The number of nitrogens with one attached hydrogen (secondary N) is 2. The van der Waals surface area contributed by atoms with Crippen molar-refractivity contribution in [1.82, 2.24) is 5.32 Å². The van der Waals surface area contributed by atoms with E-state index in [-0.39, 0.29) is 30.7 Å². The van der Waals surface area contributed by atoms with Crippen LogP contribution in [0.1, 0.15) is 77.0 Å². The number of halogens is 1. The third kappa shape index (κ3) is 8.61. The van der Waals surface area contributed by atoms with Gasteiger partial charge in [0, 0.05) is 18.3 Å². The van der Waals surface area contributed by atoms with E-state index >= 15 is 4.39 Å². The molecule has 0 bridgehead atoms. The van der Waals surface area contributed by atoms with Gasteiger partial charge in [-0.3, -0.25) is 4.79 Å². The number of aliphatic hydroxyl groups excluding tert-OH is 1. The molecule has 0 saturated carbocycles. The number of rotatable bonds is 14. The lowest BCUT2D eigenvalue weighted by atomic mass is 9.97. The molecular weight excluding hydrogens is 467 g/mol. The van der Waals surface area contributed by atoms with Gasteiger partial charge < -0.3 is 20.6 Å². The van der Waals surface area contributed by atoms with Crippen molar-refractivity contribution in [1.29, 1.82) is 5.41 Å². The van der Waals surface area contributed by atoms with Crippen LogP contribution in [-0.4, -0.2) is 36.0 Å². The largest absolute Gasteiger partial charge is 0.390 e. The fraction of sp³-hybridized carbons (Fsp3) is 0.484. The van der Waals surface area contributed by atoms with Crippen LogP contribution in [0.3, 0.4) is 0 Å². The van der Waals surface area contributed by atoms with Crippen LogP contribution < -0.4 is 5.32 Å². The quantitative estimate of drug-likeness (QED) is 0.246. The highest BCUT2D eigenvalue weighted by Gasteiger charge is 2.22. The minimum atomic E-state index is -0.692. The maximum Gasteiger partial charge on any atom is 0.253 e. The van der Waals surface area contributed by atoms with Crippen molar-refractivity contribution >= 4 is 12.1 Å². The van der Waals surface area contributed by atoms with E-state index in [2.05, 4.69) is 12.2 Å². The Morgan fingerprint density at radius 2 is 1.84 bits per heavy atom. The summed E-state index contributed by atoms with van der Waals surface area (Å²) in [4.78, 5) is 13.1. The number of aliphatic hydroxyl groups is 1. The fourth-order valence-corrected chi connectivity index (χ4v) is 4.23. The van der Waals surface area contributed by atoms with Crippen molar-refractivity contribution in [3.63, 3.8) is 0 Å². The summed E-state index contributed by atoms with van der Waals surface area (Å²) in [5, 5.41) is 20.8. The SMILES string of the molecule is CCCC(C)C(O)COC(CC)C(=O)NC(Cc1ccc(-c2ccc(C=N)c(C)c2)cc1F)=C(C)CC. The topological polar surface area (TPSA) is 82.4 Å². The number of ether oxygens (including phenoxy) is 1. The normalized spacial score (nSPS) is 14.5. The van der Waals surface area contributed by atoms with Crippen LogP contribution in [0.15, 0.2) is 47.7 Å². The smallest absolute Gasteiger partial charge is 0.253 e. The van der Waals surface area contributed by atoms with Gasteiger partial charge >= 0.3 is 0 Å². The Hall–Kier alpha value is -2.83. The number of allylic oxidation sites excluding steroid dienone is 2. The zero-order chi connectivity index (χ0) is 27.5. The molecule has 37 heavy (non-hydrogen) atoms. The molecule has 0 aliphatic rings. The highest BCUT2D eigenvalue weighted by Crippen LogP contribution is 2.25. The summed E-state index contributed by atoms with van der Waals surface area (Å²) in [7, 11) is 0. The molecular formula is C31H43FN2O3. The Morgan fingerprint density at radius 1 is 1.16 bits per heavy atom. The first-order valence-electron chi connectivity index (χ1n) is 13.3. The van der Waals surface area contributed by atoms with Crippen molar-refractivity contribution in [3.05, 3.63) is 70.2 Å². The van der Waals surface area contributed by atoms with Gasteiger partial charge in [0.1, 0.15) is 11.9 Å². The average Bonchev–Trinajstić information content (AvgIpc) is 2.89. The molecule has 3 N–H and O–H groups in total. The Bertz CT molecular complexity index is 1100. The number of benzene rings is 2. The predicted molar refractivity (Wildman–Crippen MR) is 149 cm³/mol. The van der Waals surface area contributed by atoms with E-state index in [9.17, 15) is 9.90 Å². The van der Waals surface area contributed by atoms with E-state index in [4.69, 9.17) is 10.1 Å². The highest BCUT2D eigenvalue weighted by molar-refractivity contribution is 5.83. The Kier molecular flexibility index (Phi) is 12.2. The van der Waals surface area contributed by atoms with Crippen molar-refractivity contribution in [2.24, 2.45) is 5.92 Å². The number of hydrogen-bond acceptors (Lipinski definition) is 4. The first-order chi connectivity index (χ1) is 17.6. The lowest BCUT2D eigenvalue weighted by Crippen LogP contribution is -2.38. The highest BCUT2D eigenvalue weighted by atomic mass is 19.1. The summed E-state index contributed by atoms with van der Waals surface area (Å²) in [6.45, 7) is 11.9. The van der Waals surface area contributed by atoms with Crippen molar-refractivity contribution in [2.45, 2.75) is 85.9 Å². The van der Waals surface area contributed by atoms with Crippen molar-refractivity contribution in [2.75, 3.05) is 6.61 Å². The summed E-state index contributed by atoms with van der Waals surface area (Å²) in [6, 6.07) is 10.9. The van der Waals surface area contributed by atoms with E-state index in [1.165, 1.54) is 12.3 Å². The summed E-state index contributed by atoms with van der Waals surface area (Å²) < 4.78 is 21.0. The molecule has 0 aromatic heterocycles. The van der Waals surface area contributed by atoms with Crippen LogP contribution >= 0.6 is 0 Å². The minimum Gasteiger partial charge on any atom is -0.390 e. The second-order valence-corrected chi connectivity index (χ2v) is 9.86. The van der Waals surface area contributed by atoms with Gasteiger partial charge in [0.2, 0.25) is 0 Å². The molecule has 0 radical (unpaired) electrons. The van der Waals surface area contributed by atoms with Crippen LogP contribution in [0.5, 0.6) is 0 Å². The second kappa shape index (κ2) is 14.8. The molecule has 6 heteroatoms. The maximum atomic E-state index is 15.2. The summed E-state index contributed by atoms with van der Waals surface area (Å²) >= 11 is 0. The molecule has 2 rings (SSSR count). The Labute approximate surface area is 221 Å². The van der Waals surface area contributed by atoms with Crippen molar-refractivity contribution in [3.8, 4) is 11.1 Å². The minimum absolute atomic E-state index is 0.104. The van der Waals surface area contributed by atoms with E-state index in [0.717, 1.165) is 47.1 Å². The van der Waals surface area contributed by atoms with Crippen molar-refractivity contribution < 1.29 is 19.0 Å². The van der Waals surface area contributed by atoms with Crippen LogP contribution in [0, 0.1) is 24.1 Å². The standard InChI is InChI=1S/C31H43FN2O3/c1-7-10-21(5)29(35)19-37-30(9-3)31(36)34-28(20(4)8-2)17-25-13-11-24(16-27(25)32)23-12-14-26(18-33)22(6)15-23/h11-16,18,21,29-30,33,35H,7-10,17,19H2,1-6H3,(H,34,36). The van der Waals surface area contributed by atoms with Gasteiger partial charge in [-0.15, -0.1) is 0 Å². The molecule has 5 nitrogen and oxygen atoms in total. The van der Waals surface area contributed by atoms with E-state index in [1.807, 2.05) is 58.9 Å². The third-order valence-electron chi connectivity index (χ3n) is 7.03. The molecule has 3 unspecified atom stereocenters. The van der Waals surface area contributed by atoms with Gasteiger partial charge in [0.05, 0.1) is 12.7 Å². The molecule has 0 saturated heterocycles. The monoisotopic (exact) mass is 510 g/mol. The molecule has 202 valence electrons. The van der Waals surface area contributed by atoms with Crippen LogP contribution in [0.25, 0.3) is 11.1 Å². The van der Waals surface area contributed by atoms with Crippen LogP contribution in [-0.2, 0) is 16.0 Å². The molecule has 0 fully saturated rings. The molecule has 0 aliphatic carbocycles. The first-order valence-corrected chi connectivity index (χ1v) is 13.3.